The van der Waals surface area contributed by atoms with Crippen molar-refractivity contribution in [1.29, 1.82) is 0 Å². The van der Waals surface area contributed by atoms with Gasteiger partial charge in [-0.3, -0.25) is 4.79 Å². The number of anilines is 2. The van der Waals surface area contributed by atoms with E-state index >= 15 is 0 Å². The highest BCUT2D eigenvalue weighted by Crippen LogP contribution is 2.16. The summed E-state index contributed by atoms with van der Waals surface area (Å²) in [5.74, 6) is -1.34. The summed E-state index contributed by atoms with van der Waals surface area (Å²) >= 11 is 0. The molecule has 2 aromatic carbocycles. The van der Waals surface area contributed by atoms with Gasteiger partial charge in [0.05, 0.1) is 5.56 Å². The zero-order valence-corrected chi connectivity index (χ0v) is 10.9. The maximum atomic E-state index is 12.0. The minimum absolute atomic E-state index is 0.167. The number of rotatable bonds is 3. The lowest BCUT2D eigenvalue weighted by molar-refractivity contribution is 0.0695. The average molecular weight is 270 g/mol. The van der Waals surface area contributed by atoms with Crippen molar-refractivity contribution in [2.45, 2.75) is 6.92 Å². The Morgan fingerprint density at radius 2 is 1.75 bits per heavy atom. The van der Waals surface area contributed by atoms with E-state index in [1.54, 1.807) is 43.3 Å². The predicted octanol–water partition coefficient (Wildman–Crippen LogP) is 2.53. The Bertz CT molecular complexity index is 663. The van der Waals surface area contributed by atoms with Crippen LogP contribution in [0.3, 0.4) is 0 Å². The molecule has 0 bridgehead atoms. The van der Waals surface area contributed by atoms with Crippen LogP contribution in [0.5, 0.6) is 0 Å². The summed E-state index contributed by atoms with van der Waals surface area (Å²) in [6.07, 6.45) is 0. The fourth-order valence-corrected chi connectivity index (χ4v) is 1.77. The molecule has 0 aliphatic heterocycles. The Kier molecular flexibility index (Phi) is 3.70. The number of nitrogens with one attached hydrogen (secondary N) is 1. The molecule has 2 rings (SSSR count). The monoisotopic (exact) mass is 270 g/mol. The van der Waals surface area contributed by atoms with Crippen LogP contribution in [0.15, 0.2) is 42.5 Å². The normalized spacial score (nSPS) is 10.1. The number of carboxylic acids is 1. The second kappa shape index (κ2) is 5.44. The quantitative estimate of drug-likeness (QED) is 0.747. The van der Waals surface area contributed by atoms with Gasteiger partial charge in [0.2, 0.25) is 0 Å². The molecule has 102 valence electrons. The lowest BCUT2D eigenvalue weighted by Crippen LogP contribution is -2.12. The van der Waals surface area contributed by atoms with Crippen molar-refractivity contribution in [1.82, 2.24) is 0 Å². The number of hydrogen-bond donors (Lipinski definition) is 3. The van der Waals surface area contributed by atoms with E-state index in [0.717, 1.165) is 0 Å². The second-order valence-corrected chi connectivity index (χ2v) is 4.41. The molecule has 20 heavy (non-hydrogen) atoms. The summed E-state index contributed by atoms with van der Waals surface area (Å²) in [6.45, 7) is 1.70. The highest BCUT2D eigenvalue weighted by molar-refractivity contribution is 6.05. The summed E-state index contributed by atoms with van der Waals surface area (Å²) in [5.41, 5.74) is 7.83. The van der Waals surface area contributed by atoms with Crippen LogP contribution in [0.4, 0.5) is 11.4 Å². The summed E-state index contributed by atoms with van der Waals surface area (Å²) in [7, 11) is 0. The van der Waals surface area contributed by atoms with Crippen molar-refractivity contribution >= 4 is 23.3 Å². The van der Waals surface area contributed by atoms with Gasteiger partial charge in [-0.15, -0.1) is 0 Å². The number of carboxylic acid groups (broad SMARTS) is 1. The maximum absolute atomic E-state index is 12.0. The first-order valence-corrected chi connectivity index (χ1v) is 5.98. The third kappa shape index (κ3) is 2.95. The van der Waals surface area contributed by atoms with E-state index in [-0.39, 0.29) is 11.5 Å². The maximum Gasteiger partial charge on any atom is 0.336 e. The highest BCUT2D eigenvalue weighted by Gasteiger charge is 2.10. The number of carbonyl (C=O) groups excluding carboxylic acids is 1. The van der Waals surface area contributed by atoms with Gasteiger partial charge in [0.1, 0.15) is 0 Å². The predicted molar refractivity (Wildman–Crippen MR) is 76.9 cm³/mol. The number of benzene rings is 2. The minimum Gasteiger partial charge on any atom is -0.478 e. The minimum atomic E-state index is -1.02. The van der Waals surface area contributed by atoms with Gasteiger partial charge in [-0.1, -0.05) is 6.07 Å². The standard InChI is InChI=1S/C15H14N2O3/c1-9-2-7-12(8-13(9)15(19)20)17-14(18)10-3-5-11(16)6-4-10/h2-8H,16H2,1H3,(H,17,18)(H,19,20). The third-order valence-electron chi connectivity index (χ3n) is 2.90. The molecule has 0 saturated carbocycles. The largest absolute Gasteiger partial charge is 0.478 e. The molecular weight excluding hydrogens is 256 g/mol. The van der Waals surface area contributed by atoms with Crippen LogP contribution < -0.4 is 11.1 Å². The van der Waals surface area contributed by atoms with Gasteiger partial charge in [0.15, 0.2) is 0 Å². The number of amides is 1. The summed E-state index contributed by atoms with van der Waals surface area (Å²) in [6, 6.07) is 11.2. The average Bonchev–Trinajstić information content (AvgIpc) is 2.41. The van der Waals surface area contributed by atoms with E-state index in [0.29, 0.717) is 22.5 Å². The number of aromatic carboxylic acids is 1. The molecule has 5 heteroatoms. The van der Waals surface area contributed by atoms with Crippen LogP contribution in [0.1, 0.15) is 26.3 Å². The first-order valence-electron chi connectivity index (χ1n) is 5.98. The van der Waals surface area contributed by atoms with E-state index in [2.05, 4.69) is 5.32 Å². The Labute approximate surface area is 116 Å². The Hall–Kier alpha value is -2.82. The zero-order valence-electron chi connectivity index (χ0n) is 10.9. The molecule has 0 atom stereocenters. The van der Waals surface area contributed by atoms with E-state index < -0.39 is 5.97 Å². The fourth-order valence-electron chi connectivity index (χ4n) is 1.77. The van der Waals surface area contributed by atoms with Gasteiger partial charge < -0.3 is 16.2 Å². The summed E-state index contributed by atoms with van der Waals surface area (Å²) < 4.78 is 0. The van der Waals surface area contributed by atoms with Crippen molar-refractivity contribution in [2.24, 2.45) is 0 Å². The van der Waals surface area contributed by atoms with Crippen LogP contribution >= 0.6 is 0 Å². The van der Waals surface area contributed by atoms with E-state index in [4.69, 9.17) is 10.8 Å². The molecule has 4 N–H and O–H groups in total. The summed E-state index contributed by atoms with van der Waals surface area (Å²) in [5, 5.41) is 11.7. The van der Waals surface area contributed by atoms with Gasteiger partial charge in [-0.05, 0) is 48.9 Å². The molecule has 5 nitrogen and oxygen atoms in total. The molecule has 0 spiro atoms. The summed E-state index contributed by atoms with van der Waals surface area (Å²) in [4.78, 5) is 23.0. The van der Waals surface area contributed by atoms with Crippen LogP contribution in [0.2, 0.25) is 0 Å². The molecule has 0 fully saturated rings. The van der Waals surface area contributed by atoms with Crippen LogP contribution in [-0.4, -0.2) is 17.0 Å². The van der Waals surface area contributed by atoms with E-state index in [1.807, 2.05) is 0 Å². The van der Waals surface area contributed by atoms with Crippen molar-refractivity contribution in [2.75, 3.05) is 11.1 Å². The fraction of sp³-hybridized carbons (Fsp3) is 0.0667. The molecule has 0 heterocycles. The number of nitrogen functional groups attached to an aromatic ring is 1. The van der Waals surface area contributed by atoms with Crippen molar-refractivity contribution in [3.63, 3.8) is 0 Å². The third-order valence-corrected chi connectivity index (χ3v) is 2.90. The molecule has 0 radical (unpaired) electrons. The smallest absolute Gasteiger partial charge is 0.336 e. The first kappa shape index (κ1) is 13.6. The van der Waals surface area contributed by atoms with Gasteiger partial charge in [-0.25, -0.2) is 4.79 Å². The molecule has 0 aliphatic carbocycles. The number of carbonyl (C=O) groups is 2. The lowest BCUT2D eigenvalue weighted by Gasteiger charge is -2.08. The van der Waals surface area contributed by atoms with Gasteiger partial charge in [-0.2, -0.15) is 0 Å². The Morgan fingerprint density at radius 3 is 2.35 bits per heavy atom. The van der Waals surface area contributed by atoms with Crippen molar-refractivity contribution in [3.8, 4) is 0 Å². The molecule has 0 aromatic heterocycles. The molecule has 0 aliphatic rings. The Balaban J connectivity index is 2.21. The topological polar surface area (TPSA) is 92.4 Å². The molecule has 1 amide bonds. The van der Waals surface area contributed by atoms with Crippen LogP contribution in [-0.2, 0) is 0 Å². The molecule has 0 unspecified atom stereocenters. The van der Waals surface area contributed by atoms with Gasteiger partial charge in [0, 0.05) is 16.9 Å². The first-order chi connectivity index (χ1) is 9.47. The van der Waals surface area contributed by atoms with Crippen molar-refractivity contribution in [3.05, 3.63) is 59.2 Å². The van der Waals surface area contributed by atoms with E-state index in [9.17, 15) is 9.59 Å². The number of hydrogen-bond acceptors (Lipinski definition) is 3. The van der Waals surface area contributed by atoms with Gasteiger partial charge in [0.25, 0.3) is 5.91 Å². The van der Waals surface area contributed by atoms with Crippen molar-refractivity contribution < 1.29 is 14.7 Å². The van der Waals surface area contributed by atoms with E-state index in [1.165, 1.54) is 6.07 Å². The Morgan fingerprint density at radius 1 is 1.10 bits per heavy atom. The molecular formula is C15H14N2O3. The van der Waals surface area contributed by atoms with Crippen LogP contribution in [0.25, 0.3) is 0 Å². The van der Waals surface area contributed by atoms with Crippen LogP contribution in [0, 0.1) is 6.92 Å². The zero-order chi connectivity index (χ0) is 14.7. The molecule has 0 saturated heterocycles. The second-order valence-electron chi connectivity index (χ2n) is 4.41. The lowest BCUT2D eigenvalue weighted by atomic mass is 10.1. The molecule has 2 aromatic rings. The number of nitrogens with two attached hydrogens (primary N) is 1. The SMILES string of the molecule is Cc1ccc(NC(=O)c2ccc(N)cc2)cc1C(=O)O. The number of aryl methyl sites for hydroxylation is 1. The van der Waals surface area contributed by atoms with Gasteiger partial charge >= 0.3 is 5.97 Å². The highest BCUT2D eigenvalue weighted by atomic mass is 16.4.